The molecule has 1 aliphatic rings. The Morgan fingerprint density at radius 2 is 1.95 bits per heavy atom. The molecule has 0 spiro atoms. The van der Waals surface area contributed by atoms with Crippen LogP contribution in [0, 0.1) is 0 Å². The molecule has 0 saturated carbocycles. The average molecular weight is 297 g/mol. The van der Waals surface area contributed by atoms with E-state index in [1.165, 1.54) is 0 Å². The van der Waals surface area contributed by atoms with Gasteiger partial charge >= 0.3 is 5.97 Å². The quantitative estimate of drug-likeness (QED) is 0.413. The summed E-state index contributed by atoms with van der Waals surface area (Å²) in [6, 6.07) is -1.21. The molecule has 1 heterocycles. The molecule has 0 aromatic rings. The van der Waals surface area contributed by atoms with Crippen molar-refractivity contribution in [1.82, 2.24) is 16.0 Å². The van der Waals surface area contributed by atoms with Crippen molar-refractivity contribution in [2.45, 2.75) is 32.4 Å². The van der Waals surface area contributed by atoms with Gasteiger partial charge in [-0.3, -0.25) is 14.4 Å². The Hall–Kier alpha value is -2.38. The summed E-state index contributed by atoms with van der Waals surface area (Å²) in [5.74, 6) is -1.61. The van der Waals surface area contributed by atoms with Crippen LogP contribution in [0.25, 0.3) is 0 Å². The molecule has 8 nitrogen and oxygen atoms in total. The van der Waals surface area contributed by atoms with Gasteiger partial charge in [-0.1, -0.05) is 0 Å². The van der Waals surface area contributed by atoms with E-state index < -0.39 is 24.0 Å². The fraction of sp³-hybridized carbons (Fsp3) is 0.538. The monoisotopic (exact) mass is 297 g/mol. The number of ether oxygens (including phenoxy) is 1. The van der Waals surface area contributed by atoms with Gasteiger partial charge in [0.05, 0.1) is 6.61 Å². The van der Waals surface area contributed by atoms with Crippen molar-refractivity contribution in [3.63, 3.8) is 0 Å². The molecule has 3 amide bonds. The van der Waals surface area contributed by atoms with Gasteiger partial charge in [0.2, 0.25) is 17.7 Å². The molecule has 0 aromatic carbocycles. The van der Waals surface area contributed by atoms with Crippen LogP contribution in [0.3, 0.4) is 0 Å². The van der Waals surface area contributed by atoms with Gasteiger partial charge in [0, 0.05) is 18.7 Å². The van der Waals surface area contributed by atoms with E-state index >= 15 is 0 Å². The molecule has 0 bridgehead atoms. The highest BCUT2D eigenvalue weighted by Crippen LogP contribution is 2.00. The Labute approximate surface area is 122 Å². The van der Waals surface area contributed by atoms with Gasteiger partial charge in [-0.05, 0) is 20.3 Å². The molecule has 21 heavy (non-hydrogen) atoms. The van der Waals surface area contributed by atoms with E-state index in [0.717, 1.165) is 12.2 Å². The third-order valence-electron chi connectivity index (χ3n) is 2.77. The zero-order valence-electron chi connectivity index (χ0n) is 12.0. The summed E-state index contributed by atoms with van der Waals surface area (Å²) in [5, 5.41) is 7.60. The highest BCUT2D eigenvalue weighted by molar-refractivity contribution is 5.97. The molecule has 3 N–H and O–H groups in total. The van der Waals surface area contributed by atoms with E-state index in [2.05, 4.69) is 20.7 Å². The summed E-state index contributed by atoms with van der Waals surface area (Å²) < 4.78 is 4.62. The maximum atomic E-state index is 11.6. The standard InChI is InChI=1S/C13H19N3O5/c1-3-21-11(18)5-4-10(17)14-7-6-9-13(20)15-8(2)12(19)16-9/h4-5,8-9H,3,6-7H2,1-2H3,(H,14,17)(H,15,20)(H,16,19)/b5-4+. The van der Waals surface area contributed by atoms with Crippen molar-refractivity contribution < 1.29 is 23.9 Å². The van der Waals surface area contributed by atoms with Crippen molar-refractivity contribution in [3.05, 3.63) is 12.2 Å². The van der Waals surface area contributed by atoms with Crippen LogP contribution in [0.4, 0.5) is 0 Å². The molecule has 2 unspecified atom stereocenters. The topological polar surface area (TPSA) is 114 Å². The third kappa shape index (κ3) is 5.64. The Morgan fingerprint density at radius 1 is 1.24 bits per heavy atom. The molecule has 8 heteroatoms. The van der Waals surface area contributed by atoms with Crippen LogP contribution in [0.1, 0.15) is 20.3 Å². The number of piperazine rings is 1. The number of hydrogen-bond donors (Lipinski definition) is 3. The first-order chi connectivity index (χ1) is 9.93. The highest BCUT2D eigenvalue weighted by atomic mass is 16.5. The Morgan fingerprint density at radius 3 is 2.62 bits per heavy atom. The number of carbonyl (C=O) groups is 4. The first-order valence-electron chi connectivity index (χ1n) is 6.67. The molecule has 2 atom stereocenters. The molecule has 0 aromatic heterocycles. The Kier molecular flexibility index (Phi) is 6.38. The number of carbonyl (C=O) groups excluding carboxylic acids is 4. The predicted molar refractivity (Wildman–Crippen MR) is 72.9 cm³/mol. The maximum Gasteiger partial charge on any atom is 0.330 e. The normalized spacial score (nSPS) is 21.6. The largest absolute Gasteiger partial charge is 0.463 e. The lowest BCUT2D eigenvalue weighted by Crippen LogP contribution is -2.61. The van der Waals surface area contributed by atoms with Crippen molar-refractivity contribution in [2.75, 3.05) is 13.2 Å². The fourth-order valence-electron chi connectivity index (χ4n) is 1.68. The molecule has 1 saturated heterocycles. The SMILES string of the molecule is CCOC(=O)/C=C/C(=O)NCCC1NC(=O)C(C)NC1=O. The van der Waals surface area contributed by atoms with Crippen molar-refractivity contribution in [1.29, 1.82) is 0 Å². The number of rotatable bonds is 6. The molecule has 1 fully saturated rings. The molecule has 0 radical (unpaired) electrons. The van der Waals surface area contributed by atoms with Crippen LogP contribution in [0.5, 0.6) is 0 Å². The molecular formula is C13H19N3O5. The lowest BCUT2D eigenvalue weighted by molar-refractivity contribution is -0.137. The van der Waals surface area contributed by atoms with Crippen LogP contribution in [-0.4, -0.2) is 48.9 Å². The molecule has 116 valence electrons. The first-order valence-corrected chi connectivity index (χ1v) is 6.67. The summed E-state index contributed by atoms with van der Waals surface area (Å²) >= 11 is 0. The van der Waals surface area contributed by atoms with Crippen LogP contribution in [0.2, 0.25) is 0 Å². The van der Waals surface area contributed by atoms with Crippen LogP contribution >= 0.6 is 0 Å². The highest BCUT2D eigenvalue weighted by Gasteiger charge is 2.30. The Bertz CT molecular complexity index is 461. The van der Waals surface area contributed by atoms with Crippen LogP contribution in [0.15, 0.2) is 12.2 Å². The summed E-state index contributed by atoms with van der Waals surface area (Å²) in [6.07, 6.45) is 2.35. The van der Waals surface area contributed by atoms with Crippen LogP contribution < -0.4 is 16.0 Å². The van der Waals surface area contributed by atoms with Gasteiger partial charge in [-0.15, -0.1) is 0 Å². The van der Waals surface area contributed by atoms with Gasteiger partial charge < -0.3 is 20.7 Å². The lowest BCUT2D eigenvalue weighted by atomic mass is 10.1. The minimum absolute atomic E-state index is 0.193. The van der Waals surface area contributed by atoms with Crippen LogP contribution in [-0.2, 0) is 23.9 Å². The smallest absolute Gasteiger partial charge is 0.330 e. The van der Waals surface area contributed by atoms with Gasteiger partial charge in [0.15, 0.2) is 0 Å². The maximum absolute atomic E-state index is 11.6. The molecule has 0 aliphatic carbocycles. The Balaban J connectivity index is 2.30. The van der Waals surface area contributed by atoms with Gasteiger partial charge in [0.25, 0.3) is 0 Å². The van der Waals surface area contributed by atoms with Gasteiger partial charge in [-0.2, -0.15) is 0 Å². The lowest BCUT2D eigenvalue weighted by Gasteiger charge is -2.27. The third-order valence-corrected chi connectivity index (χ3v) is 2.77. The second-order valence-electron chi connectivity index (χ2n) is 4.46. The molecule has 1 aliphatic heterocycles. The predicted octanol–water partition coefficient (Wildman–Crippen LogP) is -1.38. The summed E-state index contributed by atoms with van der Waals surface area (Å²) in [7, 11) is 0. The van der Waals surface area contributed by atoms with Gasteiger partial charge in [0.1, 0.15) is 12.1 Å². The van der Waals surface area contributed by atoms with Crippen molar-refractivity contribution >= 4 is 23.7 Å². The number of amides is 3. The summed E-state index contributed by atoms with van der Waals surface area (Å²) in [4.78, 5) is 45.4. The zero-order chi connectivity index (χ0) is 15.8. The zero-order valence-corrected chi connectivity index (χ0v) is 12.0. The summed E-state index contributed by atoms with van der Waals surface area (Å²) in [5.41, 5.74) is 0. The van der Waals surface area contributed by atoms with Crippen molar-refractivity contribution in [3.8, 4) is 0 Å². The first kappa shape index (κ1) is 16.7. The van der Waals surface area contributed by atoms with E-state index in [0.29, 0.717) is 0 Å². The van der Waals surface area contributed by atoms with Crippen molar-refractivity contribution in [2.24, 2.45) is 0 Å². The van der Waals surface area contributed by atoms with E-state index in [1.807, 2.05) is 0 Å². The van der Waals surface area contributed by atoms with E-state index in [-0.39, 0.29) is 31.4 Å². The van der Waals surface area contributed by atoms with E-state index in [9.17, 15) is 19.2 Å². The molecule has 1 rings (SSSR count). The minimum Gasteiger partial charge on any atom is -0.463 e. The second-order valence-corrected chi connectivity index (χ2v) is 4.46. The fourth-order valence-corrected chi connectivity index (χ4v) is 1.68. The summed E-state index contributed by atoms with van der Waals surface area (Å²) in [6.45, 7) is 3.68. The number of nitrogens with one attached hydrogen (secondary N) is 3. The minimum atomic E-state index is -0.664. The van der Waals surface area contributed by atoms with E-state index in [4.69, 9.17) is 0 Å². The number of esters is 1. The van der Waals surface area contributed by atoms with E-state index in [1.54, 1.807) is 13.8 Å². The van der Waals surface area contributed by atoms with Gasteiger partial charge in [-0.25, -0.2) is 4.79 Å². The number of hydrogen-bond acceptors (Lipinski definition) is 5. The molecular weight excluding hydrogens is 278 g/mol. The average Bonchev–Trinajstić information content (AvgIpc) is 2.42. The second kappa shape index (κ2) is 8.03.